The lowest BCUT2D eigenvalue weighted by molar-refractivity contribution is -0.166. The first-order valence-corrected chi connectivity index (χ1v) is 21.0. The van der Waals surface area contributed by atoms with E-state index in [1.54, 1.807) is 5.57 Å². The van der Waals surface area contributed by atoms with E-state index in [0.29, 0.717) is 52.8 Å². The third-order valence-electron chi connectivity index (χ3n) is 16.3. The van der Waals surface area contributed by atoms with Gasteiger partial charge < -0.3 is 15.7 Å². The summed E-state index contributed by atoms with van der Waals surface area (Å²) in [5.41, 5.74) is 4.09. The zero-order chi connectivity index (χ0) is 32.1. The Balaban J connectivity index is 0.924. The highest BCUT2D eigenvalue weighted by atomic mass is 32.2. The number of carboxylic acids is 1. The SMILES string of the molecule is CC1C(C2=CC[C@@H](C(=O)O)CC2)=CC[C@@]2(C)C1CC[C@@]1(C)C3CCC4(NCCNC[C@@H]5C6CC6CS5(=O)=O)CCC[C@@H]4[C@H]3CCC21. The molecular weight excluding hydrogens is 593 g/mol. The summed E-state index contributed by atoms with van der Waals surface area (Å²) in [6, 6.07) is 0. The molecule has 0 radical (unpaired) electrons. The average Bonchev–Trinajstić information content (AvgIpc) is 3.51. The Bertz CT molecular complexity index is 1410. The van der Waals surface area contributed by atoms with E-state index in [0.717, 1.165) is 61.9 Å². The minimum atomic E-state index is -2.87. The lowest BCUT2D eigenvalue weighted by atomic mass is 9.38. The molecule has 0 aromatic carbocycles. The van der Waals surface area contributed by atoms with E-state index in [1.165, 1.54) is 69.8 Å². The van der Waals surface area contributed by atoms with Gasteiger partial charge >= 0.3 is 5.97 Å². The summed E-state index contributed by atoms with van der Waals surface area (Å²) in [5, 5.41) is 17.0. The Kier molecular flexibility index (Phi) is 7.97. The Labute approximate surface area is 278 Å². The minimum Gasteiger partial charge on any atom is -0.481 e. The molecule has 0 amide bonds. The van der Waals surface area contributed by atoms with Gasteiger partial charge in [-0.3, -0.25) is 4.79 Å². The molecule has 1 saturated heterocycles. The van der Waals surface area contributed by atoms with Crippen molar-refractivity contribution in [1.29, 1.82) is 0 Å². The largest absolute Gasteiger partial charge is 0.481 e. The highest BCUT2D eigenvalue weighted by Gasteiger charge is 2.64. The monoisotopic (exact) mass is 652 g/mol. The summed E-state index contributed by atoms with van der Waals surface area (Å²) in [7, 11) is -2.87. The van der Waals surface area contributed by atoms with Crippen molar-refractivity contribution in [2.45, 2.75) is 121 Å². The zero-order valence-corrected chi connectivity index (χ0v) is 29.6. The van der Waals surface area contributed by atoms with Gasteiger partial charge in [-0.25, -0.2) is 8.42 Å². The molecule has 1 heterocycles. The molecular formula is C39H60N2O4S. The van der Waals surface area contributed by atoms with E-state index < -0.39 is 15.8 Å². The van der Waals surface area contributed by atoms with Gasteiger partial charge in [-0.15, -0.1) is 0 Å². The molecule has 6 nitrogen and oxygen atoms in total. The van der Waals surface area contributed by atoms with Crippen LogP contribution in [0.2, 0.25) is 0 Å². The second kappa shape index (κ2) is 11.4. The van der Waals surface area contributed by atoms with Crippen molar-refractivity contribution in [3.63, 3.8) is 0 Å². The molecule has 256 valence electrons. The fraction of sp³-hybridized carbons (Fsp3) is 0.872. The molecule has 7 unspecified atom stereocenters. The Morgan fingerprint density at radius 1 is 0.935 bits per heavy atom. The number of carbonyl (C=O) groups is 1. The number of aliphatic carboxylic acids is 1. The summed E-state index contributed by atoms with van der Waals surface area (Å²) >= 11 is 0. The van der Waals surface area contributed by atoms with Gasteiger partial charge in [-0.1, -0.05) is 39.3 Å². The first-order valence-electron chi connectivity index (χ1n) is 19.3. The molecule has 13 atom stereocenters. The Morgan fingerprint density at radius 2 is 1.76 bits per heavy atom. The molecule has 7 heteroatoms. The van der Waals surface area contributed by atoms with Crippen LogP contribution in [0.5, 0.6) is 0 Å². The summed E-state index contributed by atoms with van der Waals surface area (Å²) in [6.45, 7) is 10.3. The second-order valence-corrected chi connectivity index (χ2v) is 20.4. The Morgan fingerprint density at radius 3 is 2.50 bits per heavy atom. The maximum Gasteiger partial charge on any atom is 0.306 e. The molecule has 6 fully saturated rings. The summed E-state index contributed by atoms with van der Waals surface area (Å²) in [6.07, 6.45) is 21.8. The molecule has 0 spiro atoms. The molecule has 46 heavy (non-hydrogen) atoms. The maximum absolute atomic E-state index is 12.5. The van der Waals surface area contributed by atoms with E-state index in [4.69, 9.17) is 0 Å². The lowest BCUT2D eigenvalue weighted by Crippen LogP contribution is -2.63. The van der Waals surface area contributed by atoms with Crippen LogP contribution in [0.15, 0.2) is 23.3 Å². The van der Waals surface area contributed by atoms with Crippen molar-refractivity contribution in [3.8, 4) is 0 Å². The van der Waals surface area contributed by atoms with Crippen LogP contribution in [0.4, 0.5) is 0 Å². The highest BCUT2D eigenvalue weighted by molar-refractivity contribution is 7.92. The summed E-state index contributed by atoms with van der Waals surface area (Å²) in [5.74, 6) is 5.06. The number of hydrogen-bond donors (Lipinski definition) is 3. The molecule has 5 saturated carbocycles. The molecule has 0 aromatic heterocycles. The highest BCUT2D eigenvalue weighted by Crippen LogP contribution is 2.70. The van der Waals surface area contributed by atoms with Gasteiger partial charge in [0, 0.05) is 25.2 Å². The normalized spacial score (nSPS) is 50.2. The van der Waals surface area contributed by atoms with E-state index in [-0.39, 0.29) is 11.2 Å². The van der Waals surface area contributed by atoms with Crippen LogP contribution in [0.1, 0.15) is 111 Å². The first kappa shape index (κ1) is 32.0. The van der Waals surface area contributed by atoms with Crippen LogP contribution in [0.3, 0.4) is 0 Å². The summed E-state index contributed by atoms with van der Waals surface area (Å²) < 4.78 is 24.9. The fourth-order valence-electron chi connectivity index (χ4n) is 14.0. The average molecular weight is 653 g/mol. The molecule has 0 aromatic rings. The Hall–Kier alpha value is -1.18. The molecule has 3 N–H and O–H groups in total. The van der Waals surface area contributed by atoms with Crippen LogP contribution < -0.4 is 10.6 Å². The third-order valence-corrected chi connectivity index (χ3v) is 18.7. The van der Waals surface area contributed by atoms with Crippen LogP contribution in [0, 0.1) is 64.1 Å². The van der Waals surface area contributed by atoms with Gasteiger partial charge in [0.25, 0.3) is 0 Å². The number of hydrogen-bond acceptors (Lipinski definition) is 5. The molecule has 8 aliphatic rings. The van der Waals surface area contributed by atoms with Gasteiger partial charge in [0.1, 0.15) is 0 Å². The van der Waals surface area contributed by atoms with Crippen molar-refractivity contribution in [2.75, 3.05) is 25.4 Å². The molecule has 1 aliphatic heterocycles. The van der Waals surface area contributed by atoms with E-state index in [2.05, 4.69) is 43.6 Å². The van der Waals surface area contributed by atoms with E-state index in [1.807, 2.05) is 0 Å². The van der Waals surface area contributed by atoms with Gasteiger partial charge in [-0.2, -0.15) is 0 Å². The number of sulfone groups is 1. The van der Waals surface area contributed by atoms with E-state index in [9.17, 15) is 18.3 Å². The first-order chi connectivity index (χ1) is 22.0. The number of carboxylic acid groups (broad SMARTS) is 1. The number of allylic oxidation sites excluding steroid dienone is 4. The van der Waals surface area contributed by atoms with Crippen LogP contribution in [0.25, 0.3) is 0 Å². The van der Waals surface area contributed by atoms with Crippen molar-refractivity contribution in [1.82, 2.24) is 10.6 Å². The van der Waals surface area contributed by atoms with Gasteiger partial charge in [-0.05, 0) is 153 Å². The van der Waals surface area contributed by atoms with Crippen LogP contribution in [-0.2, 0) is 14.6 Å². The predicted octanol–water partition coefficient (Wildman–Crippen LogP) is 6.77. The number of nitrogens with one attached hydrogen (secondary N) is 2. The molecule has 0 bridgehead atoms. The number of fused-ring (bicyclic) bond motifs is 8. The predicted molar refractivity (Wildman–Crippen MR) is 183 cm³/mol. The number of rotatable bonds is 8. The standard InChI is InChI=1S/C39H60N2O4S/c1-24-28(25-6-8-26(9-7-25)36(42)43)12-16-37(2)31(24)13-17-38(3)32-14-18-39(15-4-5-33(39)29(32)10-11-35(37)38)41-20-19-40-22-34-30-21-27(30)23-46(34,44)45/h6,12,24,26-27,29-35,40-41H,4-5,7-11,13-23H2,1-3H3,(H,42,43)/t24?,26-,27?,29+,30?,31?,32?,33-,34-,35?,37+,38+,39?/m1/s1. The topological polar surface area (TPSA) is 95.5 Å². The van der Waals surface area contributed by atoms with E-state index >= 15 is 0 Å². The van der Waals surface area contributed by atoms with Crippen molar-refractivity contribution in [3.05, 3.63) is 23.3 Å². The van der Waals surface area contributed by atoms with Gasteiger partial charge in [0.05, 0.1) is 16.9 Å². The maximum atomic E-state index is 12.5. The van der Waals surface area contributed by atoms with Crippen molar-refractivity contribution in [2.24, 2.45) is 64.1 Å². The van der Waals surface area contributed by atoms with Crippen LogP contribution in [-0.4, -0.2) is 55.7 Å². The van der Waals surface area contributed by atoms with Crippen LogP contribution >= 0.6 is 0 Å². The lowest BCUT2D eigenvalue weighted by Gasteiger charge is -2.67. The molecule has 7 aliphatic carbocycles. The minimum absolute atomic E-state index is 0.136. The fourth-order valence-corrected chi connectivity index (χ4v) is 16.5. The van der Waals surface area contributed by atoms with Gasteiger partial charge in [0.15, 0.2) is 9.84 Å². The second-order valence-electron chi connectivity index (χ2n) is 18.1. The third kappa shape index (κ3) is 4.96. The molecule has 8 rings (SSSR count). The van der Waals surface area contributed by atoms with Gasteiger partial charge in [0.2, 0.25) is 0 Å². The zero-order valence-electron chi connectivity index (χ0n) is 28.7. The summed E-state index contributed by atoms with van der Waals surface area (Å²) in [4.78, 5) is 11.5. The smallest absolute Gasteiger partial charge is 0.306 e. The van der Waals surface area contributed by atoms with Crippen molar-refractivity contribution < 1.29 is 18.3 Å². The quantitative estimate of drug-likeness (QED) is 0.251. The van der Waals surface area contributed by atoms with Crippen molar-refractivity contribution >= 4 is 15.8 Å².